The van der Waals surface area contributed by atoms with Gasteiger partial charge in [0, 0.05) is 0 Å². The molecule has 0 aromatic heterocycles. The van der Waals surface area contributed by atoms with Gasteiger partial charge in [-0.3, -0.25) is 0 Å². The quantitative estimate of drug-likeness (QED) is 0.358. The number of benzene rings is 2. The topological polar surface area (TPSA) is 0 Å². The molecule has 0 fully saturated rings. The first-order valence-electron chi connectivity index (χ1n) is 12.0. The molecule has 0 spiro atoms. The average molecular weight is 518 g/mol. The summed E-state index contributed by atoms with van der Waals surface area (Å²) < 4.78 is 2.58. The van der Waals surface area contributed by atoms with Crippen molar-refractivity contribution < 1.29 is 20.4 Å². The van der Waals surface area contributed by atoms with Crippen LogP contribution in [0.2, 0.25) is 13.1 Å². The summed E-state index contributed by atoms with van der Waals surface area (Å²) in [6.45, 7) is 24.0. The predicted molar refractivity (Wildman–Crippen MR) is 139 cm³/mol. The van der Waals surface area contributed by atoms with Gasteiger partial charge in [0.1, 0.15) is 0 Å². The molecular formula is C30H38SiZr. The molecule has 2 aliphatic carbocycles. The van der Waals surface area contributed by atoms with Crippen LogP contribution in [0.3, 0.4) is 0 Å². The number of hydrogen-bond donors (Lipinski definition) is 0. The molecular weight excluding hydrogens is 480 g/mol. The van der Waals surface area contributed by atoms with E-state index in [1.807, 2.05) is 3.28 Å². The molecule has 0 aliphatic heterocycles. The van der Waals surface area contributed by atoms with E-state index in [0.29, 0.717) is 9.54 Å². The van der Waals surface area contributed by atoms with E-state index in [2.05, 4.69) is 105 Å². The van der Waals surface area contributed by atoms with Crippen molar-refractivity contribution in [2.24, 2.45) is 5.92 Å². The Morgan fingerprint density at radius 2 is 1.44 bits per heavy atom. The van der Waals surface area contributed by atoms with Crippen LogP contribution in [0.5, 0.6) is 0 Å². The van der Waals surface area contributed by atoms with Crippen LogP contribution in [0.25, 0.3) is 5.57 Å². The Morgan fingerprint density at radius 3 is 2.03 bits per heavy atom. The third kappa shape index (κ3) is 3.67. The summed E-state index contributed by atoms with van der Waals surface area (Å²) in [6, 6.07) is 11.8. The van der Waals surface area contributed by atoms with E-state index in [1.165, 1.54) is 39.0 Å². The summed E-state index contributed by atoms with van der Waals surface area (Å²) in [6.07, 6.45) is 2.73. The number of allylic oxidation sites excluding steroid dienone is 5. The van der Waals surface area contributed by atoms with E-state index in [-0.39, 0.29) is 5.43 Å². The van der Waals surface area contributed by atoms with Gasteiger partial charge in [-0.05, 0) is 0 Å². The molecule has 0 amide bonds. The second-order valence-electron chi connectivity index (χ2n) is 10.2. The maximum absolute atomic E-state index is 2.73. The first-order chi connectivity index (χ1) is 15.1. The molecule has 0 radical (unpaired) electrons. The minimum atomic E-state index is -1.94. The first-order valence-corrected chi connectivity index (χ1v) is 20.8. The van der Waals surface area contributed by atoms with Crippen molar-refractivity contribution in [2.75, 3.05) is 0 Å². The number of aryl methyl sites for hydroxylation is 1. The molecule has 2 aromatic carbocycles. The molecule has 0 heterocycles. The summed E-state index contributed by atoms with van der Waals surface area (Å²) in [4.78, 5) is 0. The van der Waals surface area contributed by atoms with Crippen LogP contribution in [-0.2, 0) is 20.4 Å². The molecule has 2 atom stereocenters. The summed E-state index contributed by atoms with van der Waals surface area (Å²) in [7, 11) is 0. The zero-order chi connectivity index (χ0) is 23.5. The van der Waals surface area contributed by atoms with Crippen LogP contribution in [0.1, 0.15) is 70.3 Å². The van der Waals surface area contributed by atoms with Crippen molar-refractivity contribution in [3.63, 3.8) is 0 Å². The molecule has 2 heteroatoms. The van der Waals surface area contributed by atoms with E-state index >= 15 is 0 Å². The van der Waals surface area contributed by atoms with Gasteiger partial charge < -0.3 is 0 Å². The van der Waals surface area contributed by atoms with Gasteiger partial charge in [-0.15, -0.1) is 0 Å². The Labute approximate surface area is 203 Å². The van der Waals surface area contributed by atoms with Crippen molar-refractivity contribution in [1.29, 1.82) is 0 Å². The van der Waals surface area contributed by atoms with Gasteiger partial charge in [-0.1, -0.05) is 0 Å². The van der Waals surface area contributed by atoms with Crippen molar-refractivity contribution in [3.05, 3.63) is 95.4 Å². The van der Waals surface area contributed by atoms with E-state index in [0.717, 1.165) is 0 Å². The molecule has 4 rings (SSSR count). The summed E-state index contributed by atoms with van der Waals surface area (Å²) in [5.74, 6) is 0.652. The molecule has 0 saturated heterocycles. The number of fused-ring (bicyclic) bond motifs is 1. The zero-order valence-corrected chi connectivity index (χ0v) is 25.1. The maximum atomic E-state index is 2.73. The van der Waals surface area contributed by atoms with Crippen molar-refractivity contribution in [1.82, 2.24) is 0 Å². The van der Waals surface area contributed by atoms with Crippen LogP contribution < -0.4 is 0 Å². The monoisotopic (exact) mass is 516 g/mol. The Hall–Kier alpha value is -1.24. The number of rotatable bonds is 3. The van der Waals surface area contributed by atoms with Gasteiger partial charge in [0.15, 0.2) is 0 Å². The van der Waals surface area contributed by atoms with Crippen molar-refractivity contribution in [3.8, 4) is 0 Å². The van der Waals surface area contributed by atoms with E-state index in [9.17, 15) is 0 Å². The van der Waals surface area contributed by atoms with Gasteiger partial charge in [0.2, 0.25) is 0 Å². The minimum absolute atomic E-state index is 0.362. The fourth-order valence-corrected chi connectivity index (χ4v) is 25.6. The second kappa shape index (κ2) is 8.84. The van der Waals surface area contributed by atoms with E-state index < -0.39 is 20.4 Å². The Kier molecular flexibility index (Phi) is 6.61. The Balaban J connectivity index is 1.96. The van der Waals surface area contributed by atoms with Gasteiger partial charge in [-0.2, -0.15) is 0 Å². The van der Waals surface area contributed by atoms with Crippen molar-refractivity contribution >= 4 is 11.0 Å². The molecule has 2 aromatic rings. The fraction of sp³-hybridized carbons (Fsp3) is 0.400. The van der Waals surface area contributed by atoms with Crippen LogP contribution in [0, 0.1) is 33.6 Å². The molecule has 2 unspecified atom stereocenters. The Morgan fingerprint density at radius 1 is 0.781 bits per heavy atom. The summed E-state index contributed by atoms with van der Waals surface area (Å²) in [5.41, 5.74) is 16.3. The third-order valence-corrected chi connectivity index (χ3v) is 27.0. The Bertz CT molecular complexity index is 1260. The summed E-state index contributed by atoms with van der Waals surface area (Å²) >= 11 is -1.94. The standard InChI is InChI=1S/C19H19.C9H13.C2H6Si.Zr/c1-12-11-19(15(4)14(3)13(12)2)18-10-9-16-7-5-6-8-17(16)18;1-6-5-7(2)9(4)8(6)3;1-3-2;/h5-11H,1-4H3;6H,1-4H3;1-2H3;. The zero-order valence-electron chi connectivity index (χ0n) is 21.6. The molecule has 0 N–H and O–H groups in total. The van der Waals surface area contributed by atoms with Crippen LogP contribution in [0.15, 0.2) is 56.4 Å². The molecule has 2 aliphatic rings. The van der Waals surface area contributed by atoms with Crippen molar-refractivity contribution in [2.45, 2.75) is 72.1 Å². The van der Waals surface area contributed by atoms with Gasteiger partial charge >= 0.3 is 205 Å². The van der Waals surface area contributed by atoms with Gasteiger partial charge in [0.25, 0.3) is 0 Å². The molecule has 0 saturated carbocycles. The van der Waals surface area contributed by atoms with E-state index in [4.69, 9.17) is 0 Å². The molecule has 0 bridgehead atoms. The van der Waals surface area contributed by atoms with E-state index in [1.54, 1.807) is 22.3 Å². The van der Waals surface area contributed by atoms with Crippen LogP contribution in [0.4, 0.5) is 0 Å². The van der Waals surface area contributed by atoms with Gasteiger partial charge in [0.05, 0.1) is 0 Å². The number of hydrogen-bond acceptors (Lipinski definition) is 0. The normalized spacial score (nSPS) is 20.1. The SMILES string of the molecule is CC1=C(C)C(C)[C]([Zr]([CH]2C=C(c3cc(C)c(C)c(C)c3C)c3ccccc32)=[Si](C)C)=C1C. The van der Waals surface area contributed by atoms with Gasteiger partial charge in [-0.25, -0.2) is 0 Å². The summed E-state index contributed by atoms with van der Waals surface area (Å²) in [5, 5.41) is 0. The third-order valence-electron chi connectivity index (χ3n) is 8.47. The molecule has 32 heavy (non-hydrogen) atoms. The average Bonchev–Trinajstić information content (AvgIpc) is 3.22. The molecule has 0 nitrogen and oxygen atoms in total. The van der Waals surface area contributed by atoms with Crippen LogP contribution in [-0.4, -0.2) is 5.43 Å². The second-order valence-corrected chi connectivity index (χ2v) is 27.7. The van der Waals surface area contributed by atoms with Crippen LogP contribution >= 0.6 is 0 Å². The fourth-order valence-electron chi connectivity index (χ4n) is 5.87. The molecule has 166 valence electrons. The first kappa shape index (κ1) is 23.9. The predicted octanol–water partition coefficient (Wildman–Crippen LogP) is 8.54.